The van der Waals surface area contributed by atoms with Crippen molar-refractivity contribution in [2.24, 2.45) is 0 Å². The molecule has 0 radical (unpaired) electrons. The maximum atomic E-state index is 14.4. The van der Waals surface area contributed by atoms with Crippen LogP contribution in [-0.4, -0.2) is 73.5 Å². The molecule has 14 heteroatoms. The first-order valence-electron chi connectivity index (χ1n) is 11.6. The summed E-state index contributed by atoms with van der Waals surface area (Å²) in [6.07, 6.45) is -1.95. The molecule has 196 valence electrons. The minimum absolute atomic E-state index is 0.0534. The molecule has 3 aliphatic rings. The summed E-state index contributed by atoms with van der Waals surface area (Å²) >= 11 is 0. The van der Waals surface area contributed by atoms with Crippen molar-refractivity contribution in [1.82, 2.24) is 15.0 Å². The van der Waals surface area contributed by atoms with Gasteiger partial charge in [-0.3, -0.25) is 4.79 Å². The second-order valence-electron chi connectivity index (χ2n) is 9.63. The smallest absolute Gasteiger partial charge is 0.371 e. The van der Waals surface area contributed by atoms with E-state index in [1.165, 1.54) is 12.1 Å². The fourth-order valence-corrected chi connectivity index (χ4v) is 5.52. The van der Waals surface area contributed by atoms with Crippen LogP contribution < -0.4 is 10.2 Å². The molecule has 5 rings (SSSR count). The lowest BCUT2D eigenvalue weighted by atomic mass is 10.0. The minimum atomic E-state index is -4.43. The molecule has 1 saturated carbocycles. The zero-order chi connectivity index (χ0) is 25.9. The van der Waals surface area contributed by atoms with Crippen molar-refractivity contribution in [3.8, 4) is 0 Å². The molecule has 0 spiro atoms. The number of carbonyl (C=O) groups excluding carboxylic acids is 1. The van der Waals surface area contributed by atoms with Gasteiger partial charge in [0, 0.05) is 31.9 Å². The van der Waals surface area contributed by atoms with Gasteiger partial charge in [0.05, 0.1) is 10.6 Å². The van der Waals surface area contributed by atoms with Crippen LogP contribution in [0.5, 0.6) is 0 Å². The fourth-order valence-electron chi connectivity index (χ4n) is 4.89. The highest BCUT2D eigenvalue weighted by Gasteiger charge is 2.68. The summed E-state index contributed by atoms with van der Waals surface area (Å²) in [5.74, 6) is -1.20. The first kappa shape index (κ1) is 24.8. The number of halogens is 4. The number of likely N-dealkylation sites (tertiary alicyclic amines) is 1. The molecule has 1 aromatic carbocycles. The number of carbonyl (C=O) groups is 1. The van der Waals surface area contributed by atoms with Crippen molar-refractivity contribution in [3.05, 3.63) is 29.9 Å². The Kier molecular flexibility index (Phi) is 5.92. The van der Waals surface area contributed by atoms with E-state index in [0.29, 0.717) is 38.9 Å². The highest BCUT2D eigenvalue weighted by atomic mass is 32.2. The lowest BCUT2D eigenvalue weighted by Gasteiger charge is -2.36. The third-order valence-electron chi connectivity index (χ3n) is 7.24. The van der Waals surface area contributed by atoms with Gasteiger partial charge in [0.15, 0.2) is 9.84 Å². The maximum absolute atomic E-state index is 14.4. The van der Waals surface area contributed by atoms with Crippen LogP contribution in [0.15, 0.2) is 27.6 Å². The van der Waals surface area contributed by atoms with Gasteiger partial charge >= 0.3 is 6.18 Å². The summed E-state index contributed by atoms with van der Waals surface area (Å²) in [6, 6.07) is 2.81. The zero-order valence-corrected chi connectivity index (χ0v) is 20.2. The van der Waals surface area contributed by atoms with E-state index >= 15 is 0 Å². The molecule has 2 aliphatic heterocycles. The average Bonchev–Trinajstić information content (AvgIpc) is 3.36. The normalized spacial score (nSPS) is 22.8. The molecule has 3 heterocycles. The van der Waals surface area contributed by atoms with E-state index in [2.05, 4.69) is 15.5 Å². The van der Waals surface area contributed by atoms with E-state index in [-0.39, 0.29) is 41.3 Å². The second-order valence-corrected chi connectivity index (χ2v) is 11.6. The van der Waals surface area contributed by atoms with Crippen LogP contribution in [-0.2, 0) is 20.0 Å². The number of alkyl halides is 3. The number of aromatic nitrogens is 2. The van der Waals surface area contributed by atoms with Gasteiger partial charge in [-0.25, -0.2) is 12.8 Å². The van der Waals surface area contributed by atoms with Crippen LogP contribution in [0, 0.1) is 5.82 Å². The number of piperidine rings is 1. The van der Waals surface area contributed by atoms with E-state index in [9.17, 15) is 30.8 Å². The molecular weight excluding hydrogens is 506 g/mol. The number of hydrogen-bond donors (Lipinski definition) is 1. The molecule has 1 atom stereocenters. The second kappa shape index (κ2) is 8.60. The highest BCUT2D eigenvalue weighted by Crippen LogP contribution is 2.58. The Balaban J connectivity index is 1.18. The van der Waals surface area contributed by atoms with E-state index in [0.717, 1.165) is 12.3 Å². The summed E-state index contributed by atoms with van der Waals surface area (Å²) < 4.78 is 82.6. The Bertz CT molecular complexity index is 1270. The van der Waals surface area contributed by atoms with E-state index in [1.807, 2.05) is 0 Å². The molecule has 0 bridgehead atoms. The first-order valence-corrected chi connectivity index (χ1v) is 13.5. The number of sulfone groups is 1. The number of benzene rings is 1. The van der Waals surface area contributed by atoms with Crippen LogP contribution in [0.25, 0.3) is 0 Å². The van der Waals surface area contributed by atoms with Gasteiger partial charge in [0.1, 0.15) is 17.3 Å². The molecule has 36 heavy (non-hydrogen) atoms. The number of anilines is 2. The van der Waals surface area contributed by atoms with Gasteiger partial charge in [-0.2, -0.15) is 18.2 Å². The van der Waals surface area contributed by atoms with Crippen molar-refractivity contribution >= 4 is 27.4 Å². The van der Waals surface area contributed by atoms with Gasteiger partial charge in [-0.1, -0.05) is 0 Å². The van der Waals surface area contributed by atoms with E-state index in [1.54, 1.807) is 9.80 Å². The van der Waals surface area contributed by atoms with Crippen LogP contribution in [0.3, 0.4) is 0 Å². The minimum Gasteiger partial charge on any atom is -0.371 e. The van der Waals surface area contributed by atoms with Gasteiger partial charge in [-0.05, 0) is 55.5 Å². The first-order chi connectivity index (χ1) is 16.9. The number of hydrogen-bond acceptors (Lipinski definition) is 8. The molecule has 3 fully saturated rings. The summed E-state index contributed by atoms with van der Waals surface area (Å²) in [5, 5.41) is 6.64. The lowest BCUT2D eigenvalue weighted by molar-refractivity contribution is -0.166. The molecule has 9 nitrogen and oxygen atoms in total. The summed E-state index contributed by atoms with van der Waals surface area (Å²) in [4.78, 5) is 20.4. The van der Waals surface area contributed by atoms with Gasteiger partial charge in [0.2, 0.25) is 11.8 Å². The van der Waals surface area contributed by atoms with Crippen molar-refractivity contribution in [2.75, 3.05) is 36.1 Å². The Labute approximate surface area is 204 Å². The predicted octanol–water partition coefficient (Wildman–Crippen LogP) is 2.89. The Morgan fingerprint density at radius 2 is 1.83 bits per heavy atom. The largest absolute Gasteiger partial charge is 0.403 e. The van der Waals surface area contributed by atoms with E-state index in [4.69, 9.17) is 4.52 Å². The topological polar surface area (TPSA) is 109 Å². The molecule has 1 aliphatic carbocycles. The molecule has 1 aromatic heterocycles. The van der Waals surface area contributed by atoms with Gasteiger partial charge < -0.3 is 19.6 Å². The molecular formula is C22H25F4N5O4S. The highest BCUT2D eigenvalue weighted by molar-refractivity contribution is 7.90. The summed E-state index contributed by atoms with van der Waals surface area (Å²) in [6.45, 7) is 1.38. The summed E-state index contributed by atoms with van der Waals surface area (Å²) in [5.41, 5.74) is -1.97. The standard InChI is InChI=1S/C22H25F4N5O4S/c1-36(33,34)14-2-3-16(15(23)12-14)27-17-6-11-31(18(17)32)13-4-9-30(10-5-13)20-28-19(35-29-20)21(7-8-21)22(24,25)26/h2-3,12-13,17,27H,4-11H2,1H3/t17-/m0/s1. The number of amides is 1. The molecule has 2 saturated heterocycles. The van der Waals surface area contributed by atoms with Crippen molar-refractivity contribution in [1.29, 1.82) is 0 Å². The predicted molar refractivity (Wildman–Crippen MR) is 120 cm³/mol. The van der Waals surface area contributed by atoms with Crippen LogP contribution in [0.4, 0.5) is 29.2 Å². The Morgan fingerprint density at radius 1 is 1.14 bits per heavy atom. The van der Waals surface area contributed by atoms with Crippen molar-refractivity contribution < 1.29 is 35.3 Å². The molecule has 0 unspecified atom stereocenters. The molecule has 1 N–H and O–H groups in total. The molecule has 2 aromatic rings. The molecule has 1 amide bonds. The zero-order valence-electron chi connectivity index (χ0n) is 19.4. The number of nitrogens with one attached hydrogen (secondary N) is 1. The van der Waals surface area contributed by atoms with Crippen LogP contribution in [0.2, 0.25) is 0 Å². The fraction of sp³-hybridized carbons (Fsp3) is 0.591. The number of nitrogens with zero attached hydrogens (tertiary/aromatic N) is 4. The van der Waals surface area contributed by atoms with Gasteiger partial charge in [-0.15, -0.1) is 0 Å². The quantitative estimate of drug-likeness (QED) is 0.567. The van der Waals surface area contributed by atoms with Crippen molar-refractivity contribution in [2.45, 2.75) is 60.7 Å². The third-order valence-corrected chi connectivity index (χ3v) is 8.35. The van der Waals surface area contributed by atoms with Crippen molar-refractivity contribution in [3.63, 3.8) is 0 Å². The van der Waals surface area contributed by atoms with Gasteiger partial charge in [0.25, 0.3) is 5.95 Å². The third kappa shape index (κ3) is 4.39. The Morgan fingerprint density at radius 3 is 2.42 bits per heavy atom. The summed E-state index contributed by atoms with van der Waals surface area (Å²) in [7, 11) is -3.55. The van der Waals surface area contributed by atoms with Crippen LogP contribution in [0.1, 0.15) is 38.0 Å². The SMILES string of the molecule is CS(=O)(=O)c1ccc(N[C@H]2CCN(C3CCN(c4noc(C5(C(F)(F)F)CC5)n4)CC3)C2=O)c(F)c1. The Hall–Kier alpha value is -2.90. The van der Waals surface area contributed by atoms with Crippen LogP contribution >= 0.6 is 0 Å². The maximum Gasteiger partial charge on any atom is 0.403 e. The average molecular weight is 532 g/mol. The monoisotopic (exact) mass is 531 g/mol. The number of rotatable bonds is 6. The lowest BCUT2D eigenvalue weighted by Crippen LogP contribution is -2.47. The van der Waals surface area contributed by atoms with E-state index < -0.39 is 39.2 Å².